The summed E-state index contributed by atoms with van der Waals surface area (Å²) in [5.41, 5.74) is 5.65. The maximum Gasteiger partial charge on any atom is 0.170 e. The molecule has 0 saturated carbocycles. The molecule has 0 radical (unpaired) electrons. The van der Waals surface area contributed by atoms with Crippen LogP contribution in [0.4, 0.5) is 4.39 Å². The van der Waals surface area contributed by atoms with Crippen molar-refractivity contribution in [2.24, 2.45) is 10.9 Å². The molecular weight excluding hydrogens is 251 g/mol. The molecule has 0 unspecified atom stereocenters. The monoisotopic (exact) mass is 270 g/mol. The summed E-state index contributed by atoms with van der Waals surface area (Å²) in [6.45, 7) is 3.47. The van der Waals surface area contributed by atoms with Gasteiger partial charge in [0, 0.05) is 12.2 Å². The molecule has 0 atom stereocenters. The van der Waals surface area contributed by atoms with Gasteiger partial charge in [-0.2, -0.15) is 0 Å². The topological polar surface area (TPSA) is 77.1 Å². The van der Waals surface area contributed by atoms with Gasteiger partial charge in [-0.15, -0.1) is 0 Å². The first-order chi connectivity index (χ1) is 9.19. The summed E-state index contributed by atoms with van der Waals surface area (Å²) < 4.78 is 24.2. The number of hydrogen-bond donors (Lipinski definition) is 2. The van der Waals surface area contributed by atoms with E-state index in [0.29, 0.717) is 18.8 Å². The molecule has 0 amide bonds. The van der Waals surface area contributed by atoms with E-state index in [1.807, 2.05) is 0 Å². The number of benzene rings is 1. The first kappa shape index (κ1) is 15.2. The summed E-state index contributed by atoms with van der Waals surface area (Å²) in [5, 5.41) is 11.3. The molecule has 0 saturated heterocycles. The second-order valence-corrected chi connectivity index (χ2v) is 3.94. The molecule has 19 heavy (non-hydrogen) atoms. The highest BCUT2D eigenvalue weighted by Gasteiger charge is 2.07. The lowest BCUT2D eigenvalue weighted by atomic mass is 10.2. The van der Waals surface area contributed by atoms with E-state index in [1.54, 1.807) is 0 Å². The largest absolute Gasteiger partial charge is 0.488 e. The summed E-state index contributed by atoms with van der Waals surface area (Å²) in [6.07, 6.45) is 2.08. The van der Waals surface area contributed by atoms with Gasteiger partial charge in [-0.3, -0.25) is 0 Å². The van der Waals surface area contributed by atoms with Crippen LogP contribution in [0.15, 0.2) is 23.4 Å². The molecule has 0 aromatic heterocycles. The van der Waals surface area contributed by atoms with Gasteiger partial charge in [0.15, 0.2) is 17.4 Å². The third-order valence-corrected chi connectivity index (χ3v) is 2.46. The van der Waals surface area contributed by atoms with Gasteiger partial charge in [-0.25, -0.2) is 4.39 Å². The Morgan fingerprint density at radius 2 is 2.16 bits per heavy atom. The lowest BCUT2D eigenvalue weighted by Crippen LogP contribution is -2.14. The number of rotatable bonds is 8. The molecule has 0 spiro atoms. The van der Waals surface area contributed by atoms with Crippen molar-refractivity contribution in [3.8, 4) is 5.75 Å². The van der Waals surface area contributed by atoms with Gasteiger partial charge in [-0.1, -0.05) is 18.5 Å². The third kappa shape index (κ3) is 5.13. The highest BCUT2D eigenvalue weighted by Crippen LogP contribution is 2.18. The fraction of sp³-hybridized carbons (Fsp3) is 0.462. The normalized spacial score (nSPS) is 11.6. The van der Waals surface area contributed by atoms with Crippen LogP contribution in [0.2, 0.25) is 0 Å². The molecule has 106 valence electrons. The van der Waals surface area contributed by atoms with Crippen molar-refractivity contribution in [1.29, 1.82) is 0 Å². The Bertz CT molecular complexity index is 424. The fourth-order valence-electron chi connectivity index (χ4n) is 1.39. The Kier molecular flexibility index (Phi) is 6.67. The summed E-state index contributed by atoms with van der Waals surface area (Å²) >= 11 is 0. The van der Waals surface area contributed by atoms with Crippen molar-refractivity contribution < 1.29 is 19.1 Å². The number of ether oxygens (including phenoxy) is 2. The van der Waals surface area contributed by atoms with Crippen molar-refractivity contribution in [1.82, 2.24) is 0 Å². The molecule has 0 bridgehead atoms. The van der Waals surface area contributed by atoms with E-state index in [-0.39, 0.29) is 18.2 Å². The van der Waals surface area contributed by atoms with E-state index in [4.69, 9.17) is 20.4 Å². The van der Waals surface area contributed by atoms with Crippen molar-refractivity contribution in [3.63, 3.8) is 0 Å². The molecule has 0 aliphatic heterocycles. The minimum absolute atomic E-state index is 0.119. The zero-order valence-corrected chi connectivity index (χ0v) is 10.9. The van der Waals surface area contributed by atoms with Gasteiger partial charge in [0.1, 0.15) is 6.61 Å². The molecule has 1 rings (SSSR count). The molecule has 0 fully saturated rings. The maximum atomic E-state index is 13.6. The van der Waals surface area contributed by atoms with Crippen LogP contribution in [0.1, 0.15) is 25.3 Å². The van der Waals surface area contributed by atoms with Gasteiger partial charge in [0.05, 0.1) is 6.61 Å². The lowest BCUT2D eigenvalue weighted by molar-refractivity contribution is 0.0967. The summed E-state index contributed by atoms with van der Waals surface area (Å²) in [6, 6.07) is 4.11. The molecule has 0 heterocycles. The number of unbranched alkanes of at least 4 members (excludes halogenated alkanes) is 1. The number of amidine groups is 1. The van der Waals surface area contributed by atoms with E-state index in [1.165, 1.54) is 12.1 Å². The van der Waals surface area contributed by atoms with Crippen LogP contribution < -0.4 is 10.5 Å². The van der Waals surface area contributed by atoms with Crippen LogP contribution in [0, 0.1) is 5.82 Å². The van der Waals surface area contributed by atoms with Gasteiger partial charge in [-0.05, 0) is 24.6 Å². The Labute approximate surface area is 111 Å². The molecule has 5 nitrogen and oxygen atoms in total. The van der Waals surface area contributed by atoms with Crippen LogP contribution in [-0.4, -0.2) is 30.9 Å². The van der Waals surface area contributed by atoms with E-state index >= 15 is 0 Å². The number of nitrogens with zero attached hydrogens (tertiary/aromatic N) is 1. The summed E-state index contributed by atoms with van der Waals surface area (Å²) in [7, 11) is 0. The van der Waals surface area contributed by atoms with Crippen molar-refractivity contribution in [2.75, 3.05) is 19.8 Å². The standard InChI is InChI=1S/C13H19FN2O3/c1-2-3-6-18-7-8-19-12-5-4-10(9-11(12)14)13(15)16-17/h4-5,9,17H,2-3,6-8H2,1H3,(H2,15,16). The Morgan fingerprint density at radius 1 is 1.37 bits per heavy atom. The number of halogens is 1. The zero-order valence-electron chi connectivity index (χ0n) is 10.9. The van der Waals surface area contributed by atoms with Crippen LogP contribution in [0.5, 0.6) is 5.75 Å². The lowest BCUT2D eigenvalue weighted by Gasteiger charge is -2.08. The third-order valence-electron chi connectivity index (χ3n) is 2.46. The molecule has 6 heteroatoms. The molecular formula is C13H19FN2O3. The first-order valence-electron chi connectivity index (χ1n) is 6.17. The van der Waals surface area contributed by atoms with E-state index in [0.717, 1.165) is 18.9 Å². The van der Waals surface area contributed by atoms with E-state index in [2.05, 4.69) is 12.1 Å². The molecule has 0 aliphatic carbocycles. The van der Waals surface area contributed by atoms with Gasteiger partial charge >= 0.3 is 0 Å². The number of nitrogens with two attached hydrogens (primary N) is 1. The van der Waals surface area contributed by atoms with Crippen LogP contribution in [0.3, 0.4) is 0 Å². The molecule has 3 N–H and O–H groups in total. The average molecular weight is 270 g/mol. The van der Waals surface area contributed by atoms with Gasteiger partial charge in [0.2, 0.25) is 0 Å². The Balaban J connectivity index is 2.43. The average Bonchev–Trinajstić information content (AvgIpc) is 2.43. The molecule has 1 aromatic rings. The van der Waals surface area contributed by atoms with E-state index < -0.39 is 5.82 Å². The Hall–Kier alpha value is -1.82. The summed E-state index contributed by atoms with van der Waals surface area (Å²) in [4.78, 5) is 0. The Morgan fingerprint density at radius 3 is 2.79 bits per heavy atom. The quantitative estimate of drug-likeness (QED) is 0.249. The second-order valence-electron chi connectivity index (χ2n) is 3.94. The number of hydrogen-bond acceptors (Lipinski definition) is 4. The minimum Gasteiger partial charge on any atom is -0.488 e. The van der Waals surface area contributed by atoms with Crippen molar-refractivity contribution in [2.45, 2.75) is 19.8 Å². The smallest absolute Gasteiger partial charge is 0.170 e. The highest BCUT2D eigenvalue weighted by molar-refractivity contribution is 5.97. The first-order valence-corrected chi connectivity index (χ1v) is 6.17. The van der Waals surface area contributed by atoms with Gasteiger partial charge < -0.3 is 20.4 Å². The van der Waals surface area contributed by atoms with Crippen LogP contribution >= 0.6 is 0 Å². The highest BCUT2D eigenvalue weighted by atomic mass is 19.1. The molecule has 1 aromatic carbocycles. The summed E-state index contributed by atoms with van der Waals surface area (Å²) in [5.74, 6) is -0.584. The predicted octanol–water partition coefficient (Wildman–Crippen LogP) is 2.12. The SMILES string of the molecule is CCCCOCCOc1ccc(/C(N)=N/O)cc1F. The molecule has 0 aliphatic rings. The predicted molar refractivity (Wildman–Crippen MR) is 70.1 cm³/mol. The minimum atomic E-state index is -0.558. The maximum absolute atomic E-state index is 13.6. The number of oxime groups is 1. The van der Waals surface area contributed by atoms with Crippen molar-refractivity contribution in [3.05, 3.63) is 29.6 Å². The van der Waals surface area contributed by atoms with Crippen LogP contribution in [0.25, 0.3) is 0 Å². The zero-order chi connectivity index (χ0) is 14.1. The van der Waals surface area contributed by atoms with E-state index in [9.17, 15) is 4.39 Å². The van der Waals surface area contributed by atoms with Crippen molar-refractivity contribution >= 4 is 5.84 Å². The second kappa shape index (κ2) is 8.31. The van der Waals surface area contributed by atoms with Crippen LogP contribution in [-0.2, 0) is 4.74 Å². The fourth-order valence-corrected chi connectivity index (χ4v) is 1.39. The van der Waals surface area contributed by atoms with Gasteiger partial charge in [0.25, 0.3) is 0 Å².